The second-order valence-electron chi connectivity index (χ2n) is 7.41. The molecule has 0 bridgehead atoms. The molecule has 2 aromatic heterocycles. The largest absolute Gasteiger partial charge is 0.497 e. The van der Waals surface area contributed by atoms with Crippen molar-refractivity contribution in [1.82, 2.24) is 24.7 Å². The van der Waals surface area contributed by atoms with Crippen molar-refractivity contribution in [3.05, 3.63) is 60.4 Å². The highest BCUT2D eigenvalue weighted by Gasteiger charge is 2.24. The van der Waals surface area contributed by atoms with E-state index in [2.05, 4.69) is 44.7 Å². The highest BCUT2D eigenvalue weighted by molar-refractivity contribution is 5.99. The standard InChI is InChI=1S/C22H24N6O/c1-29-17-10-8-16(9-11-17)20(27-12-4-5-13-27)14-23-21-18-6-2-3-7-19(18)22-25-24-15-28(22)26-21/h2-3,6-11,15,20H,4-5,12-14H2,1H3,(H,23,26). The molecule has 4 aromatic rings. The molecule has 1 unspecified atom stereocenters. The second-order valence-corrected chi connectivity index (χ2v) is 7.41. The third-order valence-electron chi connectivity index (χ3n) is 5.71. The molecule has 0 aliphatic carbocycles. The molecule has 148 valence electrons. The maximum atomic E-state index is 5.33. The molecular formula is C22H24N6O. The van der Waals surface area contributed by atoms with Crippen molar-refractivity contribution in [3.63, 3.8) is 0 Å². The lowest BCUT2D eigenvalue weighted by Gasteiger charge is -2.28. The van der Waals surface area contributed by atoms with Gasteiger partial charge in [0.2, 0.25) is 0 Å². The lowest BCUT2D eigenvalue weighted by atomic mass is 10.0. The van der Waals surface area contributed by atoms with E-state index in [4.69, 9.17) is 9.84 Å². The van der Waals surface area contributed by atoms with Gasteiger partial charge in [-0.3, -0.25) is 4.90 Å². The topological polar surface area (TPSA) is 67.6 Å². The first-order valence-corrected chi connectivity index (χ1v) is 10.0. The minimum atomic E-state index is 0.278. The van der Waals surface area contributed by atoms with Crippen LogP contribution in [-0.4, -0.2) is 51.5 Å². The molecule has 1 fully saturated rings. The molecule has 29 heavy (non-hydrogen) atoms. The Bertz CT molecular complexity index is 1120. The zero-order chi connectivity index (χ0) is 19.6. The van der Waals surface area contributed by atoms with Crippen molar-refractivity contribution in [3.8, 4) is 5.75 Å². The van der Waals surface area contributed by atoms with Crippen molar-refractivity contribution >= 4 is 22.2 Å². The van der Waals surface area contributed by atoms with Crippen LogP contribution < -0.4 is 10.1 Å². The normalized spacial score (nSPS) is 15.8. The highest BCUT2D eigenvalue weighted by atomic mass is 16.5. The molecule has 1 N–H and O–H groups in total. The van der Waals surface area contributed by atoms with Crippen LogP contribution in [0.25, 0.3) is 16.4 Å². The number of benzene rings is 2. The third kappa shape index (κ3) is 3.38. The quantitative estimate of drug-likeness (QED) is 0.545. The Morgan fingerprint density at radius 3 is 2.55 bits per heavy atom. The fraction of sp³-hybridized carbons (Fsp3) is 0.318. The van der Waals surface area contributed by atoms with Crippen LogP contribution in [0.5, 0.6) is 5.75 Å². The van der Waals surface area contributed by atoms with Gasteiger partial charge in [0.05, 0.1) is 13.2 Å². The van der Waals surface area contributed by atoms with Crippen molar-refractivity contribution in [2.45, 2.75) is 18.9 Å². The van der Waals surface area contributed by atoms with Gasteiger partial charge in [0.15, 0.2) is 11.5 Å². The Morgan fingerprint density at radius 1 is 1.03 bits per heavy atom. The highest BCUT2D eigenvalue weighted by Crippen LogP contribution is 2.29. The minimum absolute atomic E-state index is 0.278. The van der Waals surface area contributed by atoms with Crippen molar-refractivity contribution in [2.75, 3.05) is 32.1 Å². The molecule has 7 nitrogen and oxygen atoms in total. The van der Waals surface area contributed by atoms with E-state index in [1.807, 2.05) is 24.3 Å². The van der Waals surface area contributed by atoms with Gasteiger partial charge >= 0.3 is 0 Å². The predicted octanol–water partition coefficient (Wildman–Crippen LogP) is 3.54. The van der Waals surface area contributed by atoms with Crippen LogP contribution in [0.1, 0.15) is 24.4 Å². The predicted molar refractivity (Wildman–Crippen MR) is 113 cm³/mol. The Balaban J connectivity index is 1.47. The molecule has 2 aromatic carbocycles. The Hall–Kier alpha value is -3.19. The van der Waals surface area contributed by atoms with E-state index in [-0.39, 0.29) is 6.04 Å². The average Bonchev–Trinajstić information content (AvgIpc) is 3.46. The minimum Gasteiger partial charge on any atom is -0.497 e. The first kappa shape index (κ1) is 17.9. The molecule has 1 aliphatic rings. The summed E-state index contributed by atoms with van der Waals surface area (Å²) in [5.41, 5.74) is 2.06. The fourth-order valence-corrected chi connectivity index (χ4v) is 4.19. The number of ether oxygens (including phenoxy) is 1. The number of nitrogens with zero attached hydrogens (tertiary/aromatic N) is 5. The monoisotopic (exact) mass is 388 g/mol. The van der Waals surface area contributed by atoms with Gasteiger partial charge in [-0.2, -0.15) is 4.52 Å². The smallest absolute Gasteiger partial charge is 0.185 e. The van der Waals surface area contributed by atoms with Gasteiger partial charge in [-0.25, -0.2) is 0 Å². The number of rotatable bonds is 6. The van der Waals surface area contributed by atoms with Gasteiger partial charge in [0, 0.05) is 17.3 Å². The van der Waals surface area contributed by atoms with Crippen LogP contribution >= 0.6 is 0 Å². The van der Waals surface area contributed by atoms with E-state index in [9.17, 15) is 0 Å². The number of likely N-dealkylation sites (tertiary alicyclic amines) is 1. The first-order chi connectivity index (χ1) is 14.3. The van der Waals surface area contributed by atoms with Gasteiger partial charge in [-0.05, 0) is 43.6 Å². The maximum absolute atomic E-state index is 5.33. The zero-order valence-electron chi connectivity index (χ0n) is 16.5. The van der Waals surface area contributed by atoms with Gasteiger partial charge < -0.3 is 10.1 Å². The lowest BCUT2D eigenvalue weighted by molar-refractivity contribution is 0.255. The Morgan fingerprint density at radius 2 is 1.79 bits per heavy atom. The van der Waals surface area contributed by atoms with E-state index >= 15 is 0 Å². The number of hydrogen-bond acceptors (Lipinski definition) is 6. The van der Waals surface area contributed by atoms with Gasteiger partial charge in [0.25, 0.3) is 0 Å². The number of hydrogen-bond donors (Lipinski definition) is 1. The summed E-state index contributed by atoms with van der Waals surface area (Å²) in [6.45, 7) is 3.02. The number of aromatic nitrogens is 4. The first-order valence-electron chi connectivity index (χ1n) is 10.0. The number of fused-ring (bicyclic) bond motifs is 3. The fourth-order valence-electron chi connectivity index (χ4n) is 4.19. The molecule has 3 heterocycles. The molecule has 0 spiro atoms. The summed E-state index contributed by atoms with van der Waals surface area (Å²) in [6.07, 6.45) is 4.15. The van der Waals surface area contributed by atoms with Crippen LogP contribution in [0.15, 0.2) is 54.9 Å². The molecule has 1 saturated heterocycles. The van der Waals surface area contributed by atoms with Crippen LogP contribution in [-0.2, 0) is 0 Å². The van der Waals surface area contributed by atoms with E-state index in [0.717, 1.165) is 47.6 Å². The van der Waals surface area contributed by atoms with Crippen LogP contribution in [0, 0.1) is 0 Å². The van der Waals surface area contributed by atoms with E-state index < -0.39 is 0 Å². The summed E-state index contributed by atoms with van der Waals surface area (Å²) in [5.74, 6) is 1.73. The maximum Gasteiger partial charge on any atom is 0.185 e. The number of methoxy groups -OCH3 is 1. The molecule has 1 atom stereocenters. The average molecular weight is 388 g/mol. The van der Waals surface area contributed by atoms with Crippen LogP contribution in [0.2, 0.25) is 0 Å². The van der Waals surface area contributed by atoms with Crippen LogP contribution in [0.4, 0.5) is 5.82 Å². The lowest BCUT2D eigenvalue weighted by Crippen LogP contribution is -2.31. The Kier molecular flexibility index (Phi) is 4.73. The molecule has 7 heteroatoms. The van der Waals surface area contributed by atoms with Crippen molar-refractivity contribution in [1.29, 1.82) is 0 Å². The molecule has 5 rings (SSSR count). The second kappa shape index (κ2) is 7.67. The molecule has 0 amide bonds. The van der Waals surface area contributed by atoms with Crippen molar-refractivity contribution in [2.24, 2.45) is 0 Å². The summed E-state index contributed by atoms with van der Waals surface area (Å²) in [5, 5.41) is 18.7. The number of anilines is 1. The van der Waals surface area contributed by atoms with Gasteiger partial charge in [-0.15, -0.1) is 15.3 Å². The van der Waals surface area contributed by atoms with Gasteiger partial charge in [-0.1, -0.05) is 36.4 Å². The summed E-state index contributed by atoms with van der Waals surface area (Å²) in [4.78, 5) is 2.55. The third-order valence-corrected chi connectivity index (χ3v) is 5.71. The summed E-state index contributed by atoms with van der Waals surface area (Å²) < 4.78 is 7.07. The van der Waals surface area contributed by atoms with Crippen molar-refractivity contribution < 1.29 is 4.74 Å². The van der Waals surface area contributed by atoms with Gasteiger partial charge in [0.1, 0.15) is 12.1 Å². The SMILES string of the molecule is COc1ccc(C(CNc2nn3cnnc3c3ccccc23)N2CCCC2)cc1. The summed E-state index contributed by atoms with van der Waals surface area (Å²) in [7, 11) is 1.70. The molecule has 0 radical (unpaired) electrons. The zero-order valence-corrected chi connectivity index (χ0v) is 16.5. The molecular weight excluding hydrogens is 364 g/mol. The van der Waals surface area contributed by atoms with Crippen LogP contribution in [0.3, 0.4) is 0 Å². The number of nitrogens with one attached hydrogen (secondary N) is 1. The van der Waals surface area contributed by atoms with E-state index in [0.29, 0.717) is 0 Å². The molecule has 1 aliphatic heterocycles. The van der Waals surface area contributed by atoms with E-state index in [1.54, 1.807) is 18.0 Å². The van der Waals surface area contributed by atoms with E-state index in [1.165, 1.54) is 18.4 Å². The summed E-state index contributed by atoms with van der Waals surface area (Å²) in [6, 6.07) is 16.9. The summed E-state index contributed by atoms with van der Waals surface area (Å²) >= 11 is 0. The Labute approximate surface area is 169 Å². The molecule has 0 saturated carbocycles.